The molecule has 0 saturated heterocycles. The molecule has 8 heteroatoms. The molecule has 1 aromatic heterocycles. The first kappa shape index (κ1) is 20.1. The van der Waals surface area contributed by atoms with E-state index in [9.17, 15) is 13.5 Å². The predicted octanol–water partition coefficient (Wildman–Crippen LogP) is 3.48. The minimum Gasteiger partial charge on any atom is -0.443 e. The first-order valence-electron chi connectivity index (χ1n) is 7.92. The van der Waals surface area contributed by atoms with Crippen molar-refractivity contribution in [2.75, 3.05) is 13.2 Å². The first-order chi connectivity index (χ1) is 11.6. The van der Waals surface area contributed by atoms with Crippen molar-refractivity contribution >= 4 is 26.0 Å². The van der Waals surface area contributed by atoms with Gasteiger partial charge in [0.05, 0.1) is 23.7 Å². The number of aromatic nitrogens is 1. The zero-order chi connectivity index (χ0) is 18.8. The summed E-state index contributed by atoms with van der Waals surface area (Å²) in [4.78, 5) is 4.40. The lowest BCUT2D eigenvalue weighted by Gasteiger charge is -2.26. The number of aliphatic hydroxyl groups is 1. The van der Waals surface area contributed by atoms with Crippen molar-refractivity contribution in [3.05, 3.63) is 46.6 Å². The zero-order valence-corrected chi connectivity index (χ0v) is 17.1. The van der Waals surface area contributed by atoms with E-state index in [0.717, 1.165) is 4.47 Å². The molecule has 0 fully saturated rings. The summed E-state index contributed by atoms with van der Waals surface area (Å²) in [7, 11) is -3.80. The Balaban J connectivity index is 2.39. The van der Waals surface area contributed by atoms with Gasteiger partial charge in [-0.15, -0.1) is 0 Å². The van der Waals surface area contributed by atoms with Crippen LogP contribution in [-0.2, 0) is 15.4 Å². The second-order valence-corrected chi connectivity index (χ2v) is 9.59. The van der Waals surface area contributed by atoms with Crippen LogP contribution in [0.25, 0.3) is 0 Å². The van der Waals surface area contributed by atoms with Crippen molar-refractivity contribution in [1.29, 1.82) is 0 Å². The van der Waals surface area contributed by atoms with Gasteiger partial charge in [0.1, 0.15) is 5.76 Å². The summed E-state index contributed by atoms with van der Waals surface area (Å²) in [5.74, 6) is 0.985. The Labute approximate surface area is 157 Å². The van der Waals surface area contributed by atoms with E-state index in [1.165, 1.54) is 16.4 Å². The number of halogens is 1. The first-order valence-corrected chi connectivity index (χ1v) is 10.1. The summed E-state index contributed by atoms with van der Waals surface area (Å²) >= 11 is 3.29. The van der Waals surface area contributed by atoms with Crippen LogP contribution in [0.2, 0.25) is 0 Å². The number of aliphatic hydroxyl groups excluding tert-OH is 1. The van der Waals surface area contributed by atoms with Gasteiger partial charge in [-0.25, -0.2) is 13.4 Å². The summed E-state index contributed by atoms with van der Waals surface area (Å²) in [5, 5.41) is 9.36. The normalized spacial score (nSPS) is 14.0. The fourth-order valence-corrected chi connectivity index (χ4v) is 4.16. The van der Waals surface area contributed by atoms with Crippen molar-refractivity contribution in [3.63, 3.8) is 0 Å². The van der Waals surface area contributed by atoms with Gasteiger partial charge in [0, 0.05) is 16.4 Å². The van der Waals surface area contributed by atoms with E-state index in [-0.39, 0.29) is 23.5 Å². The largest absolute Gasteiger partial charge is 0.443 e. The number of sulfonamides is 1. The molecule has 1 N–H and O–H groups in total. The molecule has 25 heavy (non-hydrogen) atoms. The molecule has 1 heterocycles. The summed E-state index contributed by atoms with van der Waals surface area (Å²) in [6.07, 6.45) is 1.62. The maximum Gasteiger partial charge on any atom is 0.243 e. The lowest BCUT2D eigenvalue weighted by atomic mass is 9.94. The van der Waals surface area contributed by atoms with Gasteiger partial charge >= 0.3 is 0 Å². The number of hydrogen-bond donors (Lipinski definition) is 1. The van der Waals surface area contributed by atoms with Gasteiger partial charge in [-0.2, -0.15) is 4.31 Å². The third-order valence-electron chi connectivity index (χ3n) is 3.79. The third kappa shape index (κ3) is 4.49. The van der Waals surface area contributed by atoms with Gasteiger partial charge in [0.15, 0.2) is 0 Å². The van der Waals surface area contributed by atoms with Crippen LogP contribution in [0.1, 0.15) is 45.4 Å². The maximum absolute atomic E-state index is 13.0. The highest BCUT2D eigenvalue weighted by Crippen LogP contribution is 2.30. The quantitative estimate of drug-likeness (QED) is 0.757. The van der Waals surface area contributed by atoms with Crippen molar-refractivity contribution in [2.45, 2.75) is 44.0 Å². The van der Waals surface area contributed by atoms with E-state index in [4.69, 9.17) is 4.42 Å². The van der Waals surface area contributed by atoms with Crippen LogP contribution in [0.3, 0.4) is 0 Å². The molecule has 0 spiro atoms. The average molecular weight is 431 g/mol. The Hall–Kier alpha value is -1.22. The molecule has 1 aromatic carbocycles. The molecule has 0 bridgehead atoms. The maximum atomic E-state index is 13.0. The lowest BCUT2D eigenvalue weighted by Crippen LogP contribution is -2.36. The monoisotopic (exact) mass is 430 g/mol. The molecule has 0 aliphatic rings. The highest BCUT2D eigenvalue weighted by atomic mass is 79.9. The Kier molecular flexibility index (Phi) is 6.09. The van der Waals surface area contributed by atoms with Crippen LogP contribution in [0.15, 0.2) is 44.2 Å². The minimum absolute atomic E-state index is 0.0488. The molecule has 6 nitrogen and oxygen atoms in total. The second-order valence-electron chi connectivity index (χ2n) is 6.78. The van der Waals surface area contributed by atoms with E-state index in [0.29, 0.717) is 11.7 Å². The SMILES string of the molecule is CC(c1ncc(C(C)(C)C)o1)N(CCO)S(=O)(=O)c1ccc(Br)cc1. The van der Waals surface area contributed by atoms with Gasteiger partial charge < -0.3 is 9.52 Å². The molecule has 0 radical (unpaired) electrons. The smallest absolute Gasteiger partial charge is 0.243 e. The third-order valence-corrected chi connectivity index (χ3v) is 6.31. The molecule has 0 aliphatic carbocycles. The van der Waals surface area contributed by atoms with Crippen LogP contribution in [0, 0.1) is 0 Å². The van der Waals surface area contributed by atoms with Crippen molar-refractivity contribution < 1.29 is 17.9 Å². The number of oxazole rings is 1. The molecule has 0 saturated carbocycles. The average Bonchev–Trinajstić information content (AvgIpc) is 3.02. The van der Waals surface area contributed by atoms with E-state index in [2.05, 4.69) is 20.9 Å². The predicted molar refractivity (Wildman–Crippen MR) is 98.7 cm³/mol. The molecule has 0 amide bonds. The van der Waals surface area contributed by atoms with Gasteiger partial charge in [0.25, 0.3) is 0 Å². The van der Waals surface area contributed by atoms with Crippen molar-refractivity contribution in [1.82, 2.24) is 9.29 Å². The van der Waals surface area contributed by atoms with Gasteiger partial charge in [0.2, 0.25) is 15.9 Å². The van der Waals surface area contributed by atoms with E-state index in [1.54, 1.807) is 25.3 Å². The number of benzene rings is 1. The summed E-state index contributed by atoms with van der Waals surface area (Å²) < 4.78 is 33.7. The molecular formula is C17H23BrN2O4S. The molecule has 2 aromatic rings. The topological polar surface area (TPSA) is 83.6 Å². The van der Waals surface area contributed by atoms with Gasteiger partial charge in [-0.05, 0) is 31.2 Å². The van der Waals surface area contributed by atoms with E-state index >= 15 is 0 Å². The highest BCUT2D eigenvalue weighted by molar-refractivity contribution is 9.10. The van der Waals surface area contributed by atoms with Crippen LogP contribution in [0.4, 0.5) is 0 Å². The Bertz CT molecular complexity index is 810. The molecule has 2 rings (SSSR count). The number of hydrogen-bond acceptors (Lipinski definition) is 5. The van der Waals surface area contributed by atoms with E-state index < -0.39 is 16.1 Å². The fraction of sp³-hybridized carbons (Fsp3) is 0.471. The van der Waals surface area contributed by atoms with Gasteiger partial charge in [-0.1, -0.05) is 36.7 Å². The standard InChI is InChI=1S/C17H23BrN2O4S/c1-12(16-19-11-15(24-16)17(2,3)4)20(9-10-21)25(22,23)14-7-5-13(18)6-8-14/h5-8,11-12,21H,9-10H2,1-4H3. The molecule has 0 aliphatic heterocycles. The summed E-state index contributed by atoms with van der Waals surface area (Å²) in [5.41, 5.74) is -0.225. The second kappa shape index (κ2) is 7.57. The number of rotatable bonds is 6. The molecule has 1 unspecified atom stereocenters. The Morgan fingerprint density at radius 1 is 1.28 bits per heavy atom. The Morgan fingerprint density at radius 3 is 2.36 bits per heavy atom. The van der Waals surface area contributed by atoms with Crippen molar-refractivity contribution in [2.24, 2.45) is 0 Å². The summed E-state index contributed by atoms with van der Waals surface area (Å²) in [6.45, 7) is 7.33. The zero-order valence-electron chi connectivity index (χ0n) is 14.7. The molecular weight excluding hydrogens is 408 g/mol. The van der Waals surface area contributed by atoms with Crippen molar-refractivity contribution in [3.8, 4) is 0 Å². The molecule has 1 atom stereocenters. The molecule has 138 valence electrons. The Morgan fingerprint density at radius 2 is 1.88 bits per heavy atom. The van der Waals surface area contributed by atoms with Crippen LogP contribution >= 0.6 is 15.9 Å². The number of nitrogens with zero attached hydrogens (tertiary/aromatic N) is 2. The minimum atomic E-state index is -3.80. The van der Waals surface area contributed by atoms with Crippen LogP contribution in [0.5, 0.6) is 0 Å². The fourth-order valence-electron chi connectivity index (χ4n) is 2.31. The summed E-state index contributed by atoms with van der Waals surface area (Å²) in [6, 6.07) is 5.73. The lowest BCUT2D eigenvalue weighted by molar-refractivity contribution is 0.214. The van der Waals surface area contributed by atoms with E-state index in [1.807, 2.05) is 20.8 Å². The highest BCUT2D eigenvalue weighted by Gasteiger charge is 2.33. The van der Waals surface area contributed by atoms with Crippen LogP contribution < -0.4 is 0 Å². The van der Waals surface area contributed by atoms with Crippen LogP contribution in [-0.4, -0.2) is 36.0 Å². The van der Waals surface area contributed by atoms with Gasteiger partial charge in [-0.3, -0.25) is 0 Å².